The van der Waals surface area contributed by atoms with Gasteiger partial charge in [0, 0.05) is 24.3 Å². The van der Waals surface area contributed by atoms with Crippen molar-refractivity contribution in [3.05, 3.63) is 15.6 Å². The zero-order valence-electron chi connectivity index (χ0n) is 9.10. The lowest BCUT2D eigenvalue weighted by atomic mass is 10.2. The molecule has 0 spiro atoms. The average Bonchev–Trinajstić information content (AvgIpc) is 2.57. The summed E-state index contributed by atoms with van der Waals surface area (Å²) in [6.45, 7) is 2.37. The van der Waals surface area contributed by atoms with E-state index in [9.17, 15) is 13.2 Å². The quantitative estimate of drug-likeness (QED) is 0.874. The lowest BCUT2D eigenvalue weighted by molar-refractivity contribution is -0.134. The Balaban J connectivity index is 2.67. The lowest BCUT2D eigenvalue weighted by Crippen LogP contribution is -2.08. The van der Waals surface area contributed by atoms with Gasteiger partial charge in [0.25, 0.3) is 0 Å². The first kappa shape index (κ1) is 13.4. The normalized spacial score (nSPS) is 12.1. The molecule has 0 unspecified atom stereocenters. The summed E-state index contributed by atoms with van der Waals surface area (Å²) in [6, 6.07) is 0. The molecule has 0 aromatic carbocycles. The highest BCUT2D eigenvalue weighted by Gasteiger charge is 2.27. The van der Waals surface area contributed by atoms with Crippen LogP contribution in [0.2, 0.25) is 0 Å². The molecule has 0 bridgehead atoms. The summed E-state index contributed by atoms with van der Waals surface area (Å²) in [5, 5.41) is 0.543. The third kappa shape index (κ3) is 4.09. The minimum atomic E-state index is -4.11. The molecule has 0 aliphatic heterocycles. The molecule has 2 N–H and O–H groups in total. The molecule has 16 heavy (non-hydrogen) atoms. The minimum Gasteiger partial charge on any atom is -0.326 e. The van der Waals surface area contributed by atoms with E-state index in [2.05, 4.69) is 4.98 Å². The Morgan fingerprint density at radius 1 is 1.31 bits per heavy atom. The fourth-order valence-corrected chi connectivity index (χ4v) is 2.38. The highest BCUT2D eigenvalue weighted by molar-refractivity contribution is 7.11. The number of hydrogen-bond acceptors (Lipinski definition) is 3. The van der Waals surface area contributed by atoms with Crippen molar-refractivity contribution in [3.63, 3.8) is 0 Å². The number of alkyl halides is 3. The SMILES string of the molecule is CCCc1nc(CCC(F)(F)F)sc1CN. The highest BCUT2D eigenvalue weighted by Crippen LogP contribution is 2.26. The fraction of sp³-hybridized carbons (Fsp3) is 0.700. The molecule has 0 radical (unpaired) electrons. The van der Waals surface area contributed by atoms with E-state index in [1.54, 1.807) is 0 Å². The number of hydrogen-bond donors (Lipinski definition) is 1. The van der Waals surface area contributed by atoms with Crippen LogP contribution >= 0.6 is 11.3 Å². The Labute approximate surface area is 96.7 Å². The summed E-state index contributed by atoms with van der Waals surface area (Å²) in [6.07, 6.45) is -3.25. The van der Waals surface area contributed by atoms with Crippen LogP contribution in [-0.2, 0) is 19.4 Å². The number of aryl methyl sites for hydroxylation is 2. The van der Waals surface area contributed by atoms with Gasteiger partial charge in [-0.1, -0.05) is 13.3 Å². The van der Waals surface area contributed by atoms with E-state index in [1.807, 2.05) is 6.92 Å². The van der Waals surface area contributed by atoms with E-state index in [0.29, 0.717) is 11.6 Å². The Morgan fingerprint density at radius 3 is 2.50 bits per heavy atom. The Kier molecular flexibility index (Phi) is 4.73. The molecule has 1 rings (SSSR count). The van der Waals surface area contributed by atoms with Gasteiger partial charge in [0.2, 0.25) is 0 Å². The molecule has 0 amide bonds. The first-order chi connectivity index (χ1) is 7.46. The average molecular weight is 252 g/mol. The molecule has 0 saturated carbocycles. The summed E-state index contributed by atoms with van der Waals surface area (Å²) in [5.74, 6) is 0. The maximum Gasteiger partial charge on any atom is 0.389 e. The van der Waals surface area contributed by atoms with E-state index in [-0.39, 0.29) is 6.42 Å². The highest BCUT2D eigenvalue weighted by atomic mass is 32.1. The second-order valence-electron chi connectivity index (χ2n) is 3.55. The van der Waals surface area contributed by atoms with Crippen LogP contribution in [0.3, 0.4) is 0 Å². The van der Waals surface area contributed by atoms with Crippen molar-refractivity contribution < 1.29 is 13.2 Å². The molecular weight excluding hydrogens is 237 g/mol. The van der Waals surface area contributed by atoms with Crippen LogP contribution in [0.15, 0.2) is 0 Å². The van der Waals surface area contributed by atoms with Crippen LogP contribution in [0.25, 0.3) is 0 Å². The van der Waals surface area contributed by atoms with Crippen molar-refractivity contribution in [2.24, 2.45) is 5.73 Å². The first-order valence-electron chi connectivity index (χ1n) is 5.20. The molecule has 92 valence electrons. The smallest absolute Gasteiger partial charge is 0.326 e. The molecule has 6 heteroatoms. The molecule has 0 atom stereocenters. The second kappa shape index (κ2) is 5.63. The van der Waals surface area contributed by atoms with Crippen LogP contribution < -0.4 is 5.73 Å². The number of aromatic nitrogens is 1. The summed E-state index contributed by atoms with van der Waals surface area (Å²) in [4.78, 5) is 5.13. The molecule has 0 saturated heterocycles. The van der Waals surface area contributed by atoms with Crippen LogP contribution in [0.4, 0.5) is 13.2 Å². The molecule has 1 aromatic heterocycles. The van der Waals surface area contributed by atoms with Crippen LogP contribution in [0, 0.1) is 0 Å². The molecule has 2 nitrogen and oxygen atoms in total. The van der Waals surface area contributed by atoms with E-state index in [1.165, 1.54) is 11.3 Å². The maximum atomic E-state index is 12.0. The molecule has 1 heterocycles. The summed E-state index contributed by atoms with van der Waals surface area (Å²) < 4.78 is 36.1. The maximum absolute atomic E-state index is 12.0. The molecule has 1 aromatic rings. The minimum absolute atomic E-state index is 0.0368. The monoisotopic (exact) mass is 252 g/mol. The van der Waals surface area contributed by atoms with Gasteiger partial charge in [-0.15, -0.1) is 11.3 Å². The second-order valence-corrected chi connectivity index (χ2v) is 4.71. The topological polar surface area (TPSA) is 38.9 Å². The predicted octanol–water partition coefficient (Wildman–Crippen LogP) is 3.05. The van der Waals surface area contributed by atoms with Gasteiger partial charge in [0.1, 0.15) is 0 Å². The van der Waals surface area contributed by atoms with Gasteiger partial charge in [-0.2, -0.15) is 13.2 Å². The van der Waals surface area contributed by atoms with E-state index < -0.39 is 12.6 Å². The fourth-order valence-electron chi connectivity index (χ4n) is 1.38. The van der Waals surface area contributed by atoms with Crippen LogP contribution in [0.1, 0.15) is 35.3 Å². The molecule has 0 fully saturated rings. The van der Waals surface area contributed by atoms with E-state index >= 15 is 0 Å². The van der Waals surface area contributed by atoms with Gasteiger partial charge in [-0.25, -0.2) is 4.98 Å². The number of rotatable bonds is 5. The Hall–Kier alpha value is -0.620. The van der Waals surface area contributed by atoms with Gasteiger partial charge in [0.05, 0.1) is 10.7 Å². The van der Waals surface area contributed by atoms with Gasteiger partial charge >= 0.3 is 6.18 Å². The third-order valence-electron chi connectivity index (χ3n) is 2.12. The third-order valence-corrected chi connectivity index (χ3v) is 3.30. The Morgan fingerprint density at radius 2 is 2.00 bits per heavy atom. The van der Waals surface area contributed by atoms with Crippen molar-refractivity contribution >= 4 is 11.3 Å². The van der Waals surface area contributed by atoms with Crippen LogP contribution in [-0.4, -0.2) is 11.2 Å². The van der Waals surface area contributed by atoms with E-state index in [0.717, 1.165) is 23.4 Å². The van der Waals surface area contributed by atoms with Gasteiger partial charge < -0.3 is 5.73 Å². The van der Waals surface area contributed by atoms with Crippen molar-refractivity contribution in [2.75, 3.05) is 0 Å². The largest absolute Gasteiger partial charge is 0.389 e. The summed E-state index contributed by atoms with van der Waals surface area (Å²) in [5.41, 5.74) is 6.39. The van der Waals surface area contributed by atoms with Crippen molar-refractivity contribution in [1.82, 2.24) is 4.98 Å². The number of halogens is 3. The predicted molar refractivity (Wildman–Crippen MR) is 58.4 cm³/mol. The number of nitrogens with two attached hydrogens (primary N) is 1. The van der Waals surface area contributed by atoms with Gasteiger partial charge in [-0.05, 0) is 6.42 Å². The number of thiazole rings is 1. The molecular formula is C10H15F3N2S. The lowest BCUT2D eigenvalue weighted by Gasteiger charge is -2.02. The van der Waals surface area contributed by atoms with E-state index in [4.69, 9.17) is 5.73 Å². The number of nitrogens with zero attached hydrogens (tertiary/aromatic N) is 1. The molecule has 0 aliphatic rings. The van der Waals surface area contributed by atoms with Crippen molar-refractivity contribution in [2.45, 2.75) is 45.3 Å². The Bertz CT molecular complexity index is 333. The van der Waals surface area contributed by atoms with Crippen molar-refractivity contribution in [3.8, 4) is 0 Å². The summed E-state index contributed by atoms with van der Waals surface area (Å²) in [7, 11) is 0. The van der Waals surface area contributed by atoms with Crippen LogP contribution in [0.5, 0.6) is 0 Å². The van der Waals surface area contributed by atoms with Gasteiger partial charge in [0.15, 0.2) is 0 Å². The van der Waals surface area contributed by atoms with Gasteiger partial charge in [-0.3, -0.25) is 0 Å². The van der Waals surface area contributed by atoms with Crippen molar-refractivity contribution in [1.29, 1.82) is 0 Å². The summed E-state index contributed by atoms with van der Waals surface area (Å²) >= 11 is 1.30. The zero-order valence-corrected chi connectivity index (χ0v) is 9.92. The standard InChI is InChI=1S/C10H15F3N2S/c1-2-3-7-8(6-14)16-9(15-7)4-5-10(11,12)13/h2-6,14H2,1H3. The molecule has 0 aliphatic carbocycles. The zero-order chi connectivity index (χ0) is 12.2. The first-order valence-corrected chi connectivity index (χ1v) is 6.02.